The van der Waals surface area contributed by atoms with Gasteiger partial charge in [0.05, 0.1) is 11.1 Å². The number of thioether (sulfide) groups is 1. The van der Waals surface area contributed by atoms with E-state index in [-0.39, 0.29) is 10.7 Å². The Kier molecular flexibility index (Phi) is 1.71. The van der Waals surface area contributed by atoms with E-state index in [2.05, 4.69) is 5.32 Å². The van der Waals surface area contributed by atoms with Crippen LogP contribution in [0.2, 0.25) is 0 Å². The minimum Gasteiger partial charge on any atom is -0.302 e. The average molecular weight is 218 g/mol. The topological polar surface area (TPSA) is 48.2 Å². The quantitative estimate of drug-likeness (QED) is 0.716. The number of aldehydes is 1. The molecule has 1 saturated carbocycles. The van der Waals surface area contributed by atoms with Gasteiger partial charge in [0.2, 0.25) is 0 Å². The monoisotopic (exact) mass is 218 g/mol. The summed E-state index contributed by atoms with van der Waals surface area (Å²) in [6, 6.07) is 5.66. The number of nitrogens with zero attached hydrogens (tertiary/aromatic N) is 1. The molecular formula is C11H8NO2S. The number of hydrogen-bond acceptors (Lipinski definition) is 3. The second kappa shape index (κ2) is 2.85. The van der Waals surface area contributed by atoms with Crippen LogP contribution in [0.25, 0.3) is 0 Å². The van der Waals surface area contributed by atoms with Crippen molar-refractivity contribution in [1.82, 2.24) is 5.32 Å². The Bertz CT molecular complexity index is 466. The van der Waals surface area contributed by atoms with Crippen molar-refractivity contribution in [2.45, 2.75) is 23.2 Å². The summed E-state index contributed by atoms with van der Waals surface area (Å²) in [6.45, 7) is 0. The molecule has 0 unspecified atom stereocenters. The van der Waals surface area contributed by atoms with Gasteiger partial charge >= 0.3 is 5.24 Å². The van der Waals surface area contributed by atoms with Crippen molar-refractivity contribution in [2.75, 3.05) is 0 Å². The van der Waals surface area contributed by atoms with Gasteiger partial charge in [-0.1, -0.05) is 6.07 Å². The van der Waals surface area contributed by atoms with Crippen molar-refractivity contribution in [2.24, 2.45) is 0 Å². The van der Waals surface area contributed by atoms with Crippen molar-refractivity contribution in [3.8, 4) is 0 Å². The molecule has 3 nitrogen and oxygen atoms in total. The molecule has 0 aromatic heterocycles. The summed E-state index contributed by atoms with van der Waals surface area (Å²) in [6.07, 6.45) is 2.86. The molecule has 0 bridgehead atoms. The molecule has 2 aliphatic rings. The lowest BCUT2D eigenvalue weighted by atomic mass is 9.97. The number of carbonyl (C=O) groups is 2. The molecule has 15 heavy (non-hydrogen) atoms. The maximum Gasteiger partial charge on any atom is 0.310 e. The second-order valence-electron chi connectivity index (χ2n) is 3.94. The molecule has 4 heteroatoms. The van der Waals surface area contributed by atoms with Crippen LogP contribution in [0.1, 0.15) is 18.4 Å². The van der Waals surface area contributed by atoms with Crippen LogP contribution in [-0.4, -0.2) is 11.5 Å². The molecular weight excluding hydrogens is 210 g/mol. The summed E-state index contributed by atoms with van der Waals surface area (Å²) in [5.74, 6) is 0. The SMILES string of the molecule is O=CC1(c2ccc3c(c2)SC(=O)[N]3)CC1. The van der Waals surface area contributed by atoms with E-state index >= 15 is 0 Å². The van der Waals surface area contributed by atoms with E-state index < -0.39 is 0 Å². The summed E-state index contributed by atoms with van der Waals surface area (Å²) in [5, 5.41) is 3.69. The molecule has 1 fully saturated rings. The molecule has 1 aromatic rings. The molecule has 0 N–H and O–H groups in total. The molecule has 75 valence electrons. The lowest BCUT2D eigenvalue weighted by Crippen LogP contribution is -2.07. The Hall–Kier alpha value is -1.29. The van der Waals surface area contributed by atoms with Crippen LogP contribution in [0.4, 0.5) is 10.5 Å². The standard InChI is InChI=1S/C11H8NO2S/c13-6-11(3-4-11)7-1-2-8-9(5-7)15-10(14)12-8/h1-2,5-6H,3-4H2. The van der Waals surface area contributed by atoms with Crippen molar-refractivity contribution in [3.63, 3.8) is 0 Å². The van der Waals surface area contributed by atoms with Gasteiger partial charge in [0.15, 0.2) is 0 Å². The molecule has 1 amide bonds. The fourth-order valence-corrected chi connectivity index (χ4v) is 2.56. The first-order valence-corrected chi connectivity index (χ1v) is 5.60. The van der Waals surface area contributed by atoms with E-state index in [1.165, 1.54) is 0 Å². The van der Waals surface area contributed by atoms with Crippen LogP contribution in [0, 0.1) is 0 Å². The van der Waals surface area contributed by atoms with E-state index in [4.69, 9.17) is 0 Å². The second-order valence-corrected chi connectivity index (χ2v) is 4.93. The number of fused-ring (bicyclic) bond motifs is 1. The third-order valence-corrected chi connectivity index (χ3v) is 3.77. The van der Waals surface area contributed by atoms with E-state index in [0.717, 1.165) is 47.0 Å². The predicted molar refractivity (Wildman–Crippen MR) is 56.5 cm³/mol. The highest BCUT2D eigenvalue weighted by atomic mass is 32.2. The molecule has 0 spiro atoms. The van der Waals surface area contributed by atoms with Gasteiger partial charge < -0.3 is 4.79 Å². The highest BCUT2D eigenvalue weighted by molar-refractivity contribution is 8.14. The summed E-state index contributed by atoms with van der Waals surface area (Å²) in [7, 11) is 0. The summed E-state index contributed by atoms with van der Waals surface area (Å²) in [4.78, 5) is 22.9. The number of rotatable bonds is 2. The minimum absolute atomic E-state index is 0.168. The lowest BCUT2D eigenvalue weighted by molar-refractivity contribution is -0.109. The molecule has 1 aromatic carbocycles. The van der Waals surface area contributed by atoms with E-state index in [9.17, 15) is 9.59 Å². The molecule has 1 radical (unpaired) electrons. The Balaban J connectivity index is 2.04. The smallest absolute Gasteiger partial charge is 0.302 e. The highest BCUT2D eigenvalue weighted by Crippen LogP contribution is 2.48. The van der Waals surface area contributed by atoms with Crippen LogP contribution < -0.4 is 5.32 Å². The lowest BCUT2D eigenvalue weighted by Gasteiger charge is -2.07. The van der Waals surface area contributed by atoms with Crippen molar-refractivity contribution in [1.29, 1.82) is 0 Å². The van der Waals surface area contributed by atoms with Gasteiger partial charge in [-0.05, 0) is 42.3 Å². The Morgan fingerprint density at radius 1 is 1.40 bits per heavy atom. The van der Waals surface area contributed by atoms with E-state index in [0.29, 0.717) is 0 Å². The molecule has 1 aliphatic heterocycles. The predicted octanol–water partition coefficient (Wildman–Crippen LogP) is 2.38. The minimum atomic E-state index is -0.263. The first-order valence-electron chi connectivity index (χ1n) is 4.78. The van der Waals surface area contributed by atoms with Gasteiger partial charge in [0.25, 0.3) is 0 Å². The van der Waals surface area contributed by atoms with Crippen LogP contribution in [0.3, 0.4) is 0 Å². The van der Waals surface area contributed by atoms with Crippen molar-refractivity contribution in [3.05, 3.63) is 23.8 Å². The summed E-state index contributed by atoms with van der Waals surface area (Å²) >= 11 is 1.14. The number of amides is 1. The number of benzene rings is 1. The molecule has 0 atom stereocenters. The molecule has 0 saturated heterocycles. The normalized spacial score (nSPS) is 20.7. The average Bonchev–Trinajstić information content (AvgIpc) is 2.94. The number of carbonyl (C=O) groups excluding carboxylic acids is 2. The maximum absolute atomic E-state index is 11.1. The third kappa shape index (κ3) is 1.28. The zero-order chi connectivity index (χ0) is 10.5. The van der Waals surface area contributed by atoms with Crippen molar-refractivity contribution < 1.29 is 9.59 Å². The van der Waals surface area contributed by atoms with Gasteiger partial charge in [-0.25, -0.2) is 5.32 Å². The molecule has 3 rings (SSSR count). The van der Waals surface area contributed by atoms with Crippen LogP contribution in [0.15, 0.2) is 23.1 Å². The Morgan fingerprint density at radius 3 is 2.87 bits per heavy atom. The van der Waals surface area contributed by atoms with E-state index in [1.807, 2.05) is 18.2 Å². The number of hydrogen-bond donors (Lipinski definition) is 0. The Morgan fingerprint density at radius 2 is 2.20 bits per heavy atom. The zero-order valence-corrected chi connectivity index (χ0v) is 8.71. The van der Waals surface area contributed by atoms with Crippen LogP contribution >= 0.6 is 11.8 Å². The highest BCUT2D eigenvalue weighted by Gasteiger charge is 2.44. The Labute approximate surface area is 91.2 Å². The summed E-state index contributed by atoms with van der Waals surface area (Å²) in [5.41, 5.74) is 1.49. The zero-order valence-electron chi connectivity index (χ0n) is 7.90. The molecule has 1 aliphatic carbocycles. The first kappa shape index (κ1) is 8.97. The summed E-state index contributed by atoms with van der Waals surface area (Å²) < 4.78 is 0. The first-order chi connectivity index (χ1) is 7.23. The molecule has 1 heterocycles. The van der Waals surface area contributed by atoms with Crippen molar-refractivity contribution >= 4 is 29.0 Å². The fraction of sp³-hybridized carbons (Fsp3) is 0.273. The van der Waals surface area contributed by atoms with Gasteiger partial charge in [0, 0.05) is 4.90 Å². The van der Waals surface area contributed by atoms with Gasteiger partial charge in [-0.3, -0.25) is 4.79 Å². The van der Waals surface area contributed by atoms with Gasteiger partial charge in [-0.15, -0.1) is 0 Å². The third-order valence-electron chi connectivity index (χ3n) is 2.96. The van der Waals surface area contributed by atoms with Gasteiger partial charge in [-0.2, -0.15) is 0 Å². The fourth-order valence-electron chi connectivity index (χ4n) is 1.82. The van der Waals surface area contributed by atoms with Crippen LogP contribution in [0.5, 0.6) is 0 Å². The largest absolute Gasteiger partial charge is 0.310 e. The maximum atomic E-state index is 11.1. The van der Waals surface area contributed by atoms with E-state index in [1.54, 1.807) is 0 Å². The van der Waals surface area contributed by atoms with Crippen LogP contribution in [-0.2, 0) is 10.2 Å². The van der Waals surface area contributed by atoms with Gasteiger partial charge in [0.1, 0.15) is 6.29 Å².